The van der Waals surface area contributed by atoms with Gasteiger partial charge in [0.25, 0.3) is 0 Å². The van der Waals surface area contributed by atoms with Gasteiger partial charge < -0.3 is 5.32 Å². The molecule has 2 nitrogen and oxygen atoms in total. The van der Waals surface area contributed by atoms with E-state index in [0.29, 0.717) is 11.6 Å². The third-order valence-electron chi connectivity index (χ3n) is 2.47. The van der Waals surface area contributed by atoms with E-state index in [0.717, 1.165) is 0 Å². The number of carbonyl (C=O) groups excluding carboxylic acids is 1. The van der Waals surface area contributed by atoms with Crippen LogP contribution in [0.25, 0.3) is 5.70 Å². The fraction of sp³-hybridized carbons (Fsp3) is 0.357. The number of ketones is 1. The Morgan fingerprint density at radius 3 is 2.05 bits per heavy atom. The molecule has 7 heteroatoms. The number of halogens is 5. The van der Waals surface area contributed by atoms with Crippen molar-refractivity contribution >= 4 is 11.5 Å². The van der Waals surface area contributed by atoms with Gasteiger partial charge in [-0.3, -0.25) is 4.79 Å². The molecule has 0 saturated carbocycles. The van der Waals surface area contributed by atoms with Crippen molar-refractivity contribution in [1.29, 1.82) is 0 Å². The predicted octanol–water partition coefficient (Wildman–Crippen LogP) is 3.79. The van der Waals surface area contributed by atoms with Gasteiger partial charge in [0.15, 0.2) is 0 Å². The van der Waals surface area contributed by atoms with Gasteiger partial charge in [0.2, 0.25) is 5.78 Å². The van der Waals surface area contributed by atoms with Crippen LogP contribution in [0.15, 0.2) is 36.4 Å². The van der Waals surface area contributed by atoms with E-state index in [2.05, 4.69) is 5.32 Å². The lowest BCUT2D eigenvalue weighted by molar-refractivity contribution is -0.266. The Morgan fingerprint density at radius 2 is 1.62 bits per heavy atom. The molecule has 0 aromatic heterocycles. The Morgan fingerprint density at radius 1 is 1.10 bits per heavy atom. The average molecular weight is 307 g/mol. The highest BCUT2D eigenvalue weighted by Crippen LogP contribution is 2.36. The minimum absolute atomic E-state index is 0.0838. The van der Waals surface area contributed by atoms with Gasteiger partial charge in [0, 0.05) is 17.8 Å². The maximum absolute atomic E-state index is 13.0. The number of rotatable bonds is 5. The fourth-order valence-corrected chi connectivity index (χ4v) is 1.50. The summed E-state index contributed by atoms with van der Waals surface area (Å²) in [6.07, 6.45) is -5.62. The first-order valence-corrected chi connectivity index (χ1v) is 6.08. The van der Waals surface area contributed by atoms with Crippen molar-refractivity contribution in [2.24, 2.45) is 0 Å². The van der Waals surface area contributed by atoms with Gasteiger partial charge in [-0.25, -0.2) is 0 Å². The second-order valence-electron chi connectivity index (χ2n) is 4.66. The van der Waals surface area contributed by atoms with E-state index in [9.17, 15) is 26.7 Å². The Kier molecular flexibility index (Phi) is 5.09. The normalized spacial score (nSPS) is 13.4. The molecule has 0 atom stereocenters. The first kappa shape index (κ1) is 17.1. The molecule has 0 saturated heterocycles. The average Bonchev–Trinajstić information content (AvgIpc) is 2.37. The van der Waals surface area contributed by atoms with Gasteiger partial charge in [-0.05, 0) is 19.4 Å². The summed E-state index contributed by atoms with van der Waals surface area (Å²) in [4.78, 5) is 11.3. The lowest BCUT2D eigenvalue weighted by Crippen LogP contribution is -2.43. The molecule has 1 aromatic carbocycles. The first-order chi connectivity index (χ1) is 9.55. The third kappa shape index (κ3) is 4.27. The number of alkyl halides is 5. The van der Waals surface area contributed by atoms with Crippen LogP contribution in [0.5, 0.6) is 0 Å². The van der Waals surface area contributed by atoms with Crippen LogP contribution in [0.3, 0.4) is 0 Å². The largest absolute Gasteiger partial charge is 0.461 e. The summed E-state index contributed by atoms with van der Waals surface area (Å²) in [5, 5.41) is 2.69. The van der Waals surface area contributed by atoms with Crippen LogP contribution in [-0.2, 0) is 4.79 Å². The second-order valence-corrected chi connectivity index (χ2v) is 4.66. The van der Waals surface area contributed by atoms with Gasteiger partial charge in [-0.2, -0.15) is 22.0 Å². The minimum atomic E-state index is -5.92. The van der Waals surface area contributed by atoms with Gasteiger partial charge >= 0.3 is 12.1 Å². The quantitative estimate of drug-likeness (QED) is 0.662. The summed E-state index contributed by atoms with van der Waals surface area (Å²) in [5.74, 6) is -7.71. The summed E-state index contributed by atoms with van der Waals surface area (Å²) in [6.45, 7) is 3.34. The van der Waals surface area contributed by atoms with Crippen LogP contribution < -0.4 is 5.32 Å². The highest BCUT2D eigenvalue weighted by molar-refractivity contribution is 6.01. The molecule has 1 aromatic rings. The maximum Gasteiger partial charge on any atom is 0.461 e. The van der Waals surface area contributed by atoms with Crippen molar-refractivity contribution in [3.8, 4) is 0 Å². The molecule has 1 rings (SSSR count). The van der Waals surface area contributed by atoms with Gasteiger partial charge in [-0.15, -0.1) is 0 Å². The Labute approximate surface area is 118 Å². The fourth-order valence-electron chi connectivity index (χ4n) is 1.50. The van der Waals surface area contributed by atoms with E-state index >= 15 is 0 Å². The standard InChI is InChI=1S/C14H14F5NO/c1-9(2)20-11(10-6-4-3-5-7-10)8-12(21)13(15,16)14(17,18)19/h3-9,20H,1-2H3. The van der Waals surface area contributed by atoms with Crippen LogP contribution in [0.1, 0.15) is 19.4 Å². The summed E-state index contributed by atoms with van der Waals surface area (Å²) >= 11 is 0. The monoisotopic (exact) mass is 307 g/mol. The molecular formula is C14H14F5NO. The zero-order chi connectivity index (χ0) is 16.3. The lowest BCUT2D eigenvalue weighted by atomic mass is 10.1. The first-order valence-electron chi connectivity index (χ1n) is 6.08. The number of hydrogen-bond acceptors (Lipinski definition) is 2. The summed E-state index contributed by atoms with van der Waals surface area (Å²) in [6, 6.07) is 7.57. The van der Waals surface area contributed by atoms with E-state index in [4.69, 9.17) is 0 Å². The molecule has 0 bridgehead atoms. The number of hydrogen-bond donors (Lipinski definition) is 1. The molecule has 0 unspecified atom stereocenters. The van der Waals surface area contributed by atoms with Crippen LogP contribution in [-0.4, -0.2) is 23.9 Å². The zero-order valence-electron chi connectivity index (χ0n) is 11.3. The summed E-state index contributed by atoms with van der Waals surface area (Å²) in [5.41, 5.74) is 0.261. The highest BCUT2D eigenvalue weighted by atomic mass is 19.4. The molecule has 0 aliphatic heterocycles. The van der Waals surface area contributed by atoms with E-state index in [-0.39, 0.29) is 11.7 Å². The lowest BCUT2D eigenvalue weighted by Gasteiger charge is -2.19. The number of nitrogens with one attached hydrogen (secondary N) is 1. The number of benzene rings is 1. The molecular weight excluding hydrogens is 293 g/mol. The summed E-state index contributed by atoms with van der Waals surface area (Å²) < 4.78 is 62.5. The SMILES string of the molecule is CC(C)NC(=CC(=O)C(F)(F)C(F)(F)F)c1ccccc1. The van der Waals surface area contributed by atoms with E-state index in [1.165, 1.54) is 12.1 Å². The molecule has 1 N–H and O–H groups in total. The molecule has 21 heavy (non-hydrogen) atoms. The third-order valence-corrected chi connectivity index (χ3v) is 2.47. The van der Waals surface area contributed by atoms with Crippen LogP contribution in [0.4, 0.5) is 22.0 Å². The molecule has 0 heterocycles. The second kappa shape index (κ2) is 6.24. The Hall–Kier alpha value is -1.92. The smallest absolute Gasteiger partial charge is 0.382 e. The van der Waals surface area contributed by atoms with Crippen molar-refractivity contribution in [2.75, 3.05) is 0 Å². The summed E-state index contributed by atoms with van der Waals surface area (Å²) in [7, 11) is 0. The molecule has 0 aliphatic rings. The van der Waals surface area contributed by atoms with E-state index in [1.54, 1.807) is 32.0 Å². The Bertz CT molecular complexity index is 520. The molecule has 0 aliphatic carbocycles. The van der Waals surface area contributed by atoms with Crippen molar-refractivity contribution in [3.05, 3.63) is 42.0 Å². The van der Waals surface area contributed by atoms with Crippen molar-refractivity contribution in [2.45, 2.75) is 32.0 Å². The van der Waals surface area contributed by atoms with Gasteiger partial charge in [-0.1, -0.05) is 30.3 Å². The van der Waals surface area contributed by atoms with Crippen LogP contribution >= 0.6 is 0 Å². The number of carbonyl (C=O) groups is 1. The zero-order valence-corrected chi connectivity index (χ0v) is 11.3. The van der Waals surface area contributed by atoms with Crippen LogP contribution in [0, 0.1) is 0 Å². The van der Waals surface area contributed by atoms with Crippen molar-refractivity contribution in [3.63, 3.8) is 0 Å². The van der Waals surface area contributed by atoms with Gasteiger partial charge in [0.05, 0.1) is 0 Å². The number of allylic oxidation sites excluding steroid dienone is 1. The maximum atomic E-state index is 13.0. The predicted molar refractivity (Wildman–Crippen MR) is 68.7 cm³/mol. The molecule has 0 spiro atoms. The van der Waals surface area contributed by atoms with E-state index < -0.39 is 17.9 Å². The van der Waals surface area contributed by atoms with Crippen LogP contribution in [0.2, 0.25) is 0 Å². The minimum Gasteiger partial charge on any atom is -0.382 e. The molecule has 0 fully saturated rings. The highest BCUT2D eigenvalue weighted by Gasteiger charge is 2.62. The molecule has 116 valence electrons. The topological polar surface area (TPSA) is 29.1 Å². The van der Waals surface area contributed by atoms with E-state index in [1.807, 2.05) is 0 Å². The van der Waals surface area contributed by atoms with Gasteiger partial charge in [0.1, 0.15) is 0 Å². The van der Waals surface area contributed by atoms with Crippen molar-refractivity contribution < 1.29 is 26.7 Å². The Balaban J connectivity index is 3.18. The molecule has 0 amide bonds. The molecule has 0 radical (unpaired) electrons. The van der Waals surface area contributed by atoms with Crippen molar-refractivity contribution in [1.82, 2.24) is 5.32 Å².